The van der Waals surface area contributed by atoms with E-state index in [0.717, 1.165) is 22.3 Å². The van der Waals surface area contributed by atoms with Gasteiger partial charge in [-0.05, 0) is 42.5 Å². The van der Waals surface area contributed by atoms with Crippen LogP contribution < -0.4 is 14.2 Å². The Balaban J connectivity index is 1.33. The van der Waals surface area contributed by atoms with Crippen LogP contribution in [0.3, 0.4) is 0 Å². The summed E-state index contributed by atoms with van der Waals surface area (Å²) in [6.45, 7) is 0.813. The highest BCUT2D eigenvalue weighted by Gasteiger charge is 2.29. The molecule has 156 valence electrons. The van der Waals surface area contributed by atoms with E-state index in [0.29, 0.717) is 36.7 Å². The van der Waals surface area contributed by atoms with Crippen molar-refractivity contribution in [3.8, 4) is 17.2 Å². The number of pyridine rings is 1. The van der Waals surface area contributed by atoms with E-state index in [2.05, 4.69) is 4.98 Å². The third kappa shape index (κ3) is 4.32. The van der Waals surface area contributed by atoms with Crippen LogP contribution in [0.15, 0.2) is 84.9 Å². The Morgan fingerprint density at radius 2 is 1.74 bits per heavy atom. The molecule has 0 spiro atoms. The van der Waals surface area contributed by atoms with Gasteiger partial charge in [-0.1, -0.05) is 42.5 Å². The maximum Gasteiger partial charge on any atom is 0.132 e. The number of aliphatic hydroxyl groups is 1. The number of para-hydroxylation sites is 2. The summed E-state index contributed by atoms with van der Waals surface area (Å²) in [4.78, 5) is 4.65. The van der Waals surface area contributed by atoms with E-state index < -0.39 is 12.2 Å². The molecule has 5 rings (SSSR count). The Bertz CT molecular complexity index is 1180. The van der Waals surface area contributed by atoms with E-state index in [1.54, 1.807) is 0 Å². The molecule has 2 heterocycles. The van der Waals surface area contributed by atoms with Gasteiger partial charge >= 0.3 is 0 Å². The van der Waals surface area contributed by atoms with Gasteiger partial charge in [0.2, 0.25) is 0 Å². The molecular formula is C26H23NO4. The SMILES string of the molecule is O[C@H]1c2cc(OCc3ccc4ccccc4n3)ccc2OCC[C@H]1Oc1ccccc1. The fraction of sp³-hybridized carbons (Fsp3) is 0.192. The molecule has 2 atom stereocenters. The Morgan fingerprint density at radius 1 is 0.903 bits per heavy atom. The second kappa shape index (κ2) is 8.66. The molecular weight excluding hydrogens is 390 g/mol. The number of ether oxygens (including phenoxy) is 3. The third-order valence-electron chi connectivity index (χ3n) is 5.39. The number of benzene rings is 3. The Kier molecular flexibility index (Phi) is 5.42. The van der Waals surface area contributed by atoms with E-state index in [4.69, 9.17) is 14.2 Å². The second-order valence-electron chi connectivity index (χ2n) is 7.53. The van der Waals surface area contributed by atoms with Gasteiger partial charge in [-0.3, -0.25) is 0 Å². The van der Waals surface area contributed by atoms with Gasteiger partial charge in [0.25, 0.3) is 0 Å². The van der Waals surface area contributed by atoms with Crippen LogP contribution in [0.1, 0.15) is 23.8 Å². The number of nitrogens with zero attached hydrogens (tertiary/aromatic N) is 1. The average Bonchev–Trinajstić information content (AvgIpc) is 2.97. The lowest BCUT2D eigenvalue weighted by Crippen LogP contribution is -2.25. The van der Waals surface area contributed by atoms with Crippen LogP contribution in [0.25, 0.3) is 10.9 Å². The van der Waals surface area contributed by atoms with Gasteiger partial charge in [-0.15, -0.1) is 0 Å². The van der Waals surface area contributed by atoms with E-state index in [-0.39, 0.29) is 0 Å². The van der Waals surface area contributed by atoms with Crippen LogP contribution >= 0.6 is 0 Å². The Hall–Kier alpha value is -3.57. The van der Waals surface area contributed by atoms with Crippen LogP contribution in [0.2, 0.25) is 0 Å². The highest BCUT2D eigenvalue weighted by molar-refractivity contribution is 5.78. The van der Waals surface area contributed by atoms with Gasteiger partial charge in [0.15, 0.2) is 0 Å². The lowest BCUT2D eigenvalue weighted by atomic mass is 10.0. The second-order valence-corrected chi connectivity index (χ2v) is 7.53. The first-order valence-electron chi connectivity index (χ1n) is 10.4. The molecule has 1 N–H and O–H groups in total. The largest absolute Gasteiger partial charge is 0.493 e. The lowest BCUT2D eigenvalue weighted by Gasteiger charge is -2.22. The molecule has 0 unspecified atom stereocenters. The van der Waals surface area contributed by atoms with Crippen molar-refractivity contribution in [2.24, 2.45) is 0 Å². The number of hydrogen-bond donors (Lipinski definition) is 1. The van der Waals surface area contributed by atoms with Crippen molar-refractivity contribution in [1.29, 1.82) is 0 Å². The van der Waals surface area contributed by atoms with Gasteiger partial charge in [0.05, 0.1) is 17.8 Å². The van der Waals surface area contributed by atoms with Crippen LogP contribution in [0.5, 0.6) is 17.2 Å². The summed E-state index contributed by atoms with van der Waals surface area (Å²) < 4.78 is 17.9. The minimum Gasteiger partial charge on any atom is -0.493 e. The Labute approximate surface area is 180 Å². The number of rotatable bonds is 5. The first-order chi connectivity index (χ1) is 15.3. The normalized spacial score (nSPS) is 18.0. The van der Waals surface area contributed by atoms with Crippen LogP contribution in [-0.2, 0) is 6.61 Å². The molecule has 0 amide bonds. The minimum atomic E-state index is -0.819. The molecule has 1 aliphatic rings. The lowest BCUT2D eigenvalue weighted by molar-refractivity contribution is 0.0312. The van der Waals surface area contributed by atoms with Gasteiger partial charge in [0.1, 0.15) is 36.1 Å². The van der Waals surface area contributed by atoms with Crippen molar-refractivity contribution in [3.05, 3.63) is 96.2 Å². The molecule has 31 heavy (non-hydrogen) atoms. The predicted molar refractivity (Wildman–Crippen MR) is 118 cm³/mol. The highest BCUT2D eigenvalue weighted by Crippen LogP contribution is 2.36. The number of aromatic nitrogens is 1. The summed E-state index contributed by atoms with van der Waals surface area (Å²) >= 11 is 0. The number of aliphatic hydroxyl groups excluding tert-OH is 1. The zero-order valence-corrected chi connectivity index (χ0v) is 17.0. The quantitative estimate of drug-likeness (QED) is 0.495. The summed E-state index contributed by atoms with van der Waals surface area (Å²) in [6.07, 6.45) is -0.636. The first-order valence-corrected chi connectivity index (χ1v) is 10.4. The first kappa shape index (κ1) is 19.4. The standard InChI is InChI=1S/C26H23NO4/c28-26-22-16-21(30-17-19-11-10-18-6-4-5-9-23(18)27-19)12-13-24(22)29-15-14-25(26)31-20-7-2-1-3-8-20/h1-13,16,25-26,28H,14-15,17H2/t25-,26+/m1/s1. The van der Waals surface area contributed by atoms with Gasteiger partial charge in [-0.2, -0.15) is 0 Å². The number of fused-ring (bicyclic) bond motifs is 2. The van der Waals surface area contributed by atoms with E-state index in [9.17, 15) is 5.11 Å². The maximum atomic E-state index is 11.0. The molecule has 5 nitrogen and oxygen atoms in total. The maximum absolute atomic E-state index is 11.0. The molecule has 0 bridgehead atoms. The van der Waals surface area contributed by atoms with Crippen molar-refractivity contribution in [3.63, 3.8) is 0 Å². The average molecular weight is 413 g/mol. The summed E-state index contributed by atoms with van der Waals surface area (Å²) in [5.41, 5.74) is 2.45. The smallest absolute Gasteiger partial charge is 0.132 e. The minimum absolute atomic E-state index is 0.338. The van der Waals surface area contributed by atoms with Crippen molar-refractivity contribution < 1.29 is 19.3 Å². The molecule has 1 aliphatic heterocycles. The molecule has 0 fully saturated rings. The zero-order chi connectivity index (χ0) is 21.0. The van der Waals surface area contributed by atoms with Crippen molar-refractivity contribution in [2.45, 2.75) is 25.2 Å². The van der Waals surface area contributed by atoms with Crippen LogP contribution in [0.4, 0.5) is 0 Å². The highest BCUT2D eigenvalue weighted by atomic mass is 16.5. The third-order valence-corrected chi connectivity index (χ3v) is 5.39. The van der Waals surface area contributed by atoms with Crippen LogP contribution in [-0.4, -0.2) is 22.8 Å². The van der Waals surface area contributed by atoms with E-state index >= 15 is 0 Å². The molecule has 1 aromatic heterocycles. The molecule has 3 aromatic carbocycles. The molecule has 4 aromatic rings. The predicted octanol–water partition coefficient (Wildman–Crippen LogP) is 5.08. The summed E-state index contributed by atoms with van der Waals surface area (Å²) in [6, 6.07) is 27.1. The van der Waals surface area contributed by atoms with Gasteiger partial charge in [-0.25, -0.2) is 4.98 Å². The molecule has 0 radical (unpaired) electrons. The molecule has 0 saturated carbocycles. The van der Waals surface area contributed by atoms with Crippen molar-refractivity contribution in [2.75, 3.05) is 6.61 Å². The zero-order valence-electron chi connectivity index (χ0n) is 17.0. The summed E-state index contributed by atoms with van der Waals surface area (Å²) in [7, 11) is 0. The topological polar surface area (TPSA) is 60.8 Å². The van der Waals surface area contributed by atoms with Crippen LogP contribution in [0, 0.1) is 0 Å². The van der Waals surface area contributed by atoms with Gasteiger partial charge in [0, 0.05) is 17.4 Å². The number of hydrogen-bond acceptors (Lipinski definition) is 5. The van der Waals surface area contributed by atoms with Crippen molar-refractivity contribution in [1.82, 2.24) is 4.98 Å². The van der Waals surface area contributed by atoms with E-state index in [1.807, 2.05) is 84.9 Å². The fourth-order valence-corrected chi connectivity index (χ4v) is 3.77. The summed E-state index contributed by atoms with van der Waals surface area (Å²) in [5.74, 6) is 2.03. The molecule has 0 saturated heterocycles. The fourth-order valence-electron chi connectivity index (χ4n) is 3.77. The molecule has 0 aliphatic carbocycles. The molecule has 5 heteroatoms. The summed E-state index contributed by atoms with van der Waals surface area (Å²) in [5, 5.41) is 12.1. The monoisotopic (exact) mass is 413 g/mol. The Morgan fingerprint density at radius 3 is 2.65 bits per heavy atom. The van der Waals surface area contributed by atoms with E-state index in [1.165, 1.54) is 0 Å². The van der Waals surface area contributed by atoms with Crippen molar-refractivity contribution >= 4 is 10.9 Å². The van der Waals surface area contributed by atoms with Gasteiger partial charge < -0.3 is 19.3 Å².